The predicted molar refractivity (Wildman–Crippen MR) is 84.2 cm³/mol. The number of hydrogen-bond acceptors (Lipinski definition) is 2. The molecule has 0 aliphatic rings. The zero-order valence-corrected chi connectivity index (χ0v) is 11.9. The summed E-state index contributed by atoms with van der Waals surface area (Å²) in [6.45, 7) is 4.06. The monoisotopic (exact) mass is 257 g/mol. The van der Waals surface area contributed by atoms with E-state index < -0.39 is 0 Å². The molecule has 0 fully saturated rings. The van der Waals surface area contributed by atoms with Gasteiger partial charge in [-0.15, -0.1) is 0 Å². The smallest absolute Gasteiger partial charge is 0.101 e. The van der Waals surface area contributed by atoms with Gasteiger partial charge < -0.3 is 0 Å². The summed E-state index contributed by atoms with van der Waals surface area (Å²) in [5.41, 5.74) is 2.36. The van der Waals surface area contributed by atoms with E-state index >= 15 is 0 Å². The van der Waals surface area contributed by atoms with Gasteiger partial charge in [0.05, 0.1) is 0 Å². The molecule has 0 aliphatic heterocycles. The predicted octanol–water partition coefficient (Wildman–Crippen LogP) is 4.83. The molecule has 0 atom stereocenters. The van der Waals surface area contributed by atoms with E-state index in [2.05, 4.69) is 40.8 Å². The Kier molecular flexibility index (Phi) is 6.89. The van der Waals surface area contributed by atoms with Crippen LogP contribution in [0, 0.1) is 0 Å². The fourth-order valence-corrected chi connectivity index (χ4v) is 2.18. The molecule has 94 valence electrons. The molecule has 0 unspecified atom stereocenters. The van der Waals surface area contributed by atoms with Crippen LogP contribution in [0.2, 0.25) is 0 Å². The minimum absolute atomic E-state index is 1.03. The zero-order chi connectivity index (χ0) is 13.2. The van der Waals surface area contributed by atoms with E-state index in [-0.39, 0.29) is 0 Å². The van der Waals surface area contributed by atoms with Crippen molar-refractivity contribution in [3.63, 3.8) is 0 Å². The van der Waals surface area contributed by atoms with Gasteiger partial charge in [-0.05, 0) is 30.9 Å². The van der Waals surface area contributed by atoms with Crippen molar-refractivity contribution >= 4 is 16.8 Å². The van der Waals surface area contributed by atoms with Crippen molar-refractivity contribution in [3.8, 4) is 0 Å². The highest BCUT2D eigenvalue weighted by Crippen LogP contribution is 2.16. The third-order valence-corrected chi connectivity index (χ3v) is 3.27. The highest BCUT2D eigenvalue weighted by molar-refractivity contribution is 8.16. The molecule has 0 heterocycles. The van der Waals surface area contributed by atoms with Gasteiger partial charge in [-0.3, -0.25) is 4.99 Å². The lowest BCUT2D eigenvalue weighted by atomic mass is 10.2. The van der Waals surface area contributed by atoms with E-state index in [4.69, 9.17) is 0 Å². The topological polar surface area (TPSA) is 12.4 Å². The molecular weight excluding hydrogens is 238 g/mol. The van der Waals surface area contributed by atoms with E-state index in [1.54, 1.807) is 11.8 Å². The molecule has 0 spiro atoms. The molecule has 1 rings (SSSR count). The Labute approximate surface area is 114 Å². The van der Waals surface area contributed by atoms with Crippen LogP contribution >= 0.6 is 11.8 Å². The molecule has 2 heteroatoms. The molecule has 1 aromatic rings. The average molecular weight is 257 g/mol. The summed E-state index contributed by atoms with van der Waals surface area (Å²) in [5.74, 6) is 0. The molecule has 0 bridgehead atoms. The maximum atomic E-state index is 4.32. The van der Waals surface area contributed by atoms with Gasteiger partial charge in [0.2, 0.25) is 0 Å². The fourth-order valence-electron chi connectivity index (χ4n) is 1.45. The molecule has 0 aromatic heterocycles. The van der Waals surface area contributed by atoms with Crippen LogP contribution in [0.4, 0.5) is 0 Å². The van der Waals surface area contributed by atoms with Crippen molar-refractivity contribution in [2.45, 2.75) is 13.8 Å². The van der Waals surface area contributed by atoms with E-state index in [0.29, 0.717) is 0 Å². The summed E-state index contributed by atoms with van der Waals surface area (Å²) in [6, 6.07) is 10.2. The molecule has 18 heavy (non-hydrogen) atoms. The summed E-state index contributed by atoms with van der Waals surface area (Å²) in [4.78, 5) is 4.32. The van der Waals surface area contributed by atoms with E-state index in [9.17, 15) is 0 Å². The highest BCUT2D eigenvalue weighted by Gasteiger charge is 1.99. The average Bonchev–Trinajstić information content (AvgIpc) is 2.43. The number of rotatable bonds is 4. The Morgan fingerprint density at radius 2 is 1.83 bits per heavy atom. The minimum Gasteiger partial charge on any atom is -0.281 e. The summed E-state index contributed by atoms with van der Waals surface area (Å²) >= 11 is 1.64. The van der Waals surface area contributed by atoms with E-state index in [0.717, 1.165) is 10.6 Å². The van der Waals surface area contributed by atoms with Crippen molar-refractivity contribution in [2.24, 2.45) is 4.99 Å². The van der Waals surface area contributed by atoms with E-state index in [1.165, 1.54) is 5.57 Å². The molecule has 1 nitrogen and oxygen atoms in total. The Morgan fingerprint density at radius 3 is 2.39 bits per heavy atom. The van der Waals surface area contributed by atoms with Crippen molar-refractivity contribution in [1.82, 2.24) is 0 Å². The molecular formula is C16H19NS. The molecule has 0 aliphatic carbocycles. The third-order valence-electron chi connectivity index (χ3n) is 2.36. The molecule has 1 aromatic carbocycles. The molecule has 0 N–H and O–H groups in total. The van der Waals surface area contributed by atoms with Gasteiger partial charge in [-0.2, -0.15) is 0 Å². The molecule has 0 radical (unpaired) electrons. The lowest BCUT2D eigenvalue weighted by Gasteiger charge is -2.01. The van der Waals surface area contributed by atoms with Crippen LogP contribution in [0.1, 0.15) is 19.4 Å². The first-order valence-electron chi connectivity index (χ1n) is 5.96. The molecule has 0 saturated carbocycles. The van der Waals surface area contributed by atoms with Crippen LogP contribution in [0.5, 0.6) is 0 Å². The number of benzene rings is 1. The van der Waals surface area contributed by atoms with Crippen LogP contribution < -0.4 is 0 Å². The second-order valence-electron chi connectivity index (χ2n) is 3.60. The maximum Gasteiger partial charge on any atom is 0.101 e. The Balaban J connectivity index is 2.70. The lowest BCUT2D eigenvalue weighted by molar-refractivity contribution is 1.45. The van der Waals surface area contributed by atoms with Gasteiger partial charge in [0, 0.05) is 12.6 Å². The number of allylic oxidation sites excluding steroid dienone is 5. The number of aliphatic imine (C=N–C) groups is 1. The Hall–Kier alpha value is -1.54. The molecule has 0 amide bonds. The number of hydrogen-bond donors (Lipinski definition) is 0. The van der Waals surface area contributed by atoms with E-state index in [1.807, 2.05) is 45.2 Å². The van der Waals surface area contributed by atoms with Gasteiger partial charge in [0.25, 0.3) is 0 Å². The number of thioether (sulfide) groups is 1. The second-order valence-corrected chi connectivity index (χ2v) is 4.50. The summed E-state index contributed by atoms with van der Waals surface area (Å²) < 4.78 is 0. The third kappa shape index (κ3) is 4.76. The second kappa shape index (κ2) is 8.54. The lowest BCUT2D eigenvalue weighted by Crippen LogP contribution is -1.92. The highest BCUT2D eigenvalue weighted by atomic mass is 32.2. The summed E-state index contributed by atoms with van der Waals surface area (Å²) in [6.07, 6.45) is 8.31. The first-order valence-corrected chi connectivity index (χ1v) is 6.84. The quantitative estimate of drug-likeness (QED) is 0.427. The number of nitrogens with zero attached hydrogens (tertiary/aromatic N) is 1. The van der Waals surface area contributed by atoms with Crippen molar-refractivity contribution in [3.05, 3.63) is 71.2 Å². The normalized spacial score (nSPS) is 13.7. The van der Waals surface area contributed by atoms with Crippen LogP contribution in [0.15, 0.2) is 70.6 Å². The minimum atomic E-state index is 1.03. The summed E-state index contributed by atoms with van der Waals surface area (Å²) in [7, 11) is 1.83. The molecule has 0 saturated heterocycles. The van der Waals surface area contributed by atoms with Gasteiger partial charge in [0.1, 0.15) is 5.04 Å². The van der Waals surface area contributed by atoms with Crippen LogP contribution in [-0.4, -0.2) is 12.1 Å². The Morgan fingerprint density at radius 1 is 1.11 bits per heavy atom. The van der Waals surface area contributed by atoms with Crippen molar-refractivity contribution < 1.29 is 0 Å². The van der Waals surface area contributed by atoms with Gasteiger partial charge in [0.15, 0.2) is 0 Å². The SMILES string of the molecule is C\C=C/C(/C=C/SC(=NC)c1ccccc1)=C\C. The van der Waals surface area contributed by atoms with Gasteiger partial charge in [-0.1, -0.05) is 60.3 Å². The van der Waals surface area contributed by atoms with Crippen molar-refractivity contribution in [1.29, 1.82) is 0 Å². The Bertz CT molecular complexity index is 467. The first kappa shape index (κ1) is 14.5. The van der Waals surface area contributed by atoms with Crippen molar-refractivity contribution in [2.75, 3.05) is 7.05 Å². The van der Waals surface area contributed by atoms with Gasteiger partial charge in [-0.25, -0.2) is 0 Å². The fraction of sp³-hybridized carbons (Fsp3) is 0.188. The zero-order valence-electron chi connectivity index (χ0n) is 11.1. The van der Waals surface area contributed by atoms with Crippen LogP contribution in [0.3, 0.4) is 0 Å². The largest absolute Gasteiger partial charge is 0.281 e. The van der Waals surface area contributed by atoms with Gasteiger partial charge >= 0.3 is 0 Å². The maximum absolute atomic E-state index is 4.32. The van der Waals surface area contributed by atoms with Crippen LogP contribution in [-0.2, 0) is 0 Å². The standard InChI is InChI=1S/C16H19NS/c1-4-9-14(5-2)12-13-18-16(17-3)15-10-7-6-8-11-15/h4-13H,1-3H3/b9-4-,13-12+,14-5+,17-16?. The first-order chi connectivity index (χ1) is 8.81. The summed E-state index contributed by atoms with van der Waals surface area (Å²) in [5, 5.41) is 3.10. The van der Waals surface area contributed by atoms with Crippen LogP contribution in [0.25, 0.3) is 0 Å².